The Bertz CT molecular complexity index is 806. The first-order valence-corrected chi connectivity index (χ1v) is 8.45. The molecule has 25 heavy (non-hydrogen) atoms. The Kier molecular flexibility index (Phi) is 3.91. The monoisotopic (exact) mass is 337 g/mol. The number of nitrogens with zero attached hydrogens (tertiary/aromatic N) is 4. The van der Waals surface area contributed by atoms with Gasteiger partial charge in [-0.05, 0) is 37.5 Å². The molecule has 1 saturated heterocycles. The number of aryl methyl sites for hydroxylation is 1. The van der Waals surface area contributed by atoms with E-state index < -0.39 is 0 Å². The number of carbonyl (C=O) groups excluding carboxylic acids is 2. The van der Waals surface area contributed by atoms with Crippen LogP contribution in [0.15, 0.2) is 36.8 Å². The summed E-state index contributed by atoms with van der Waals surface area (Å²) in [5, 5.41) is 10.7. The number of hydrogen-bond donors (Lipinski definition) is 1. The van der Waals surface area contributed by atoms with E-state index in [1.807, 2.05) is 17.0 Å². The number of nitrogens with one attached hydrogen (secondary N) is 1. The van der Waals surface area contributed by atoms with Crippen molar-refractivity contribution < 1.29 is 9.59 Å². The molecule has 0 unspecified atom stereocenters. The van der Waals surface area contributed by atoms with Gasteiger partial charge in [0.05, 0.1) is 29.5 Å². The van der Waals surface area contributed by atoms with Gasteiger partial charge in [-0.1, -0.05) is 6.07 Å². The summed E-state index contributed by atoms with van der Waals surface area (Å²) >= 11 is 0. The summed E-state index contributed by atoms with van der Waals surface area (Å²) in [6.07, 6.45) is 7.33. The van der Waals surface area contributed by atoms with Crippen molar-refractivity contribution in [1.82, 2.24) is 25.4 Å². The minimum Gasteiger partial charge on any atom is -0.346 e. The number of rotatable bonds is 4. The van der Waals surface area contributed by atoms with Gasteiger partial charge in [0.1, 0.15) is 0 Å². The van der Waals surface area contributed by atoms with Gasteiger partial charge in [-0.25, -0.2) is 0 Å². The minimum atomic E-state index is -0.280. The molecule has 2 aliphatic rings. The minimum absolute atomic E-state index is 0.0891. The van der Waals surface area contributed by atoms with Crippen LogP contribution in [0.1, 0.15) is 46.9 Å². The van der Waals surface area contributed by atoms with Gasteiger partial charge in [-0.3, -0.25) is 14.6 Å². The zero-order valence-electron chi connectivity index (χ0n) is 13.9. The van der Waals surface area contributed by atoms with Crippen LogP contribution in [0.5, 0.6) is 0 Å². The molecule has 0 aromatic carbocycles. The van der Waals surface area contributed by atoms with Crippen LogP contribution in [0, 0.1) is 6.92 Å². The standard InChI is InChI=1S/C18H19N5O2/c1-11-14(6-8-20-22-11)18(25)21-15-9-16(24)23(13-4-5-13)17(15)12-3-2-7-19-10-12/h2-3,6-8,10,13,15,17H,4-5,9H2,1H3,(H,21,25)/t15-,17+/m1/s1. The molecule has 0 radical (unpaired) electrons. The van der Waals surface area contributed by atoms with Crippen molar-refractivity contribution in [1.29, 1.82) is 0 Å². The lowest BCUT2D eigenvalue weighted by Gasteiger charge is -2.29. The van der Waals surface area contributed by atoms with Gasteiger partial charge in [0, 0.05) is 24.9 Å². The average molecular weight is 337 g/mol. The molecule has 7 heteroatoms. The van der Waals surface area contributed by atoms with E-state index in [1.54, 1.807) is 25.4 Å². The highest BCUT2D eigenvalue weighted by Gasteiger charge is 2.47. The maximum absolute atomic E-state index is 12.7. The van der Waals surface area contributed by atoms with Crippen molar-refractivity contribution in [3.63, 3.8) is 0 Å². The molecule has 0 bridgehead atoms. The molecule has 128 valence electrons. The zero-order chi connectivity index (χ0) is 17.4. The van der Waals surface area contributed by atoms with Gasteiger partial charge >= 0.3 is 0 Å². The smallest absolute Gasteiger partial charge is 0.253 e. The fraction of sp³-hybridized carbons (Fsp3) is 0.389. The Hall–Kier alpha value is -2.83. The second-order valence-corrected chi connectivity index (χ2v) is 6.58. The van der Waals surface area contributed by atoms with Gasteiger partial charge in [0.2, 0.25) is 5.91 Å². The molecular weight excluding hydrogens is 318 g/mol. The summed E-state index contributed by atoms with van der Waals surface area (Å²) < 4.78 is 0. The molecule has 7 nitrogen and oxygen atoms in total. The maximum Gasteiger partial charge on any atom is 0.253 e. The molecule has 4 rings (SSSR count). The van der Waals surface area contributed by atoms with Gasteiger partial charge in [0.25, 0.3) is 5.91 Å². The van der Waals surface area contributed by atoms with Crippen LogP contribution in [0.3, 0.4) is 0 Å². The van der Waals surface area contributed by atoms with E-state index in [0.717, 1.165) is 18.4 Å². The molecule has 2 atom stereocenters. The fourth-order valence-electron chi connectivity index (χ4n) is 3.50. The van der Waals surface area contributed by atoms with Crippen LogP contribution in [0.25, 0.3) is 0 Å². The SMILES string of the molecule is Cc1nnccc1C(=O)N[C@@H]1CC(=O)N(C2CC2)[C@H]1c1cccnc1. The van der Waals surface area contributed by atoms with Crippen molar-refractivity contribution in [2.75, 3.05) is 0 Å². The Morgan fingerprint density at radius 1 is 1.28 bits per heavy atom. The van der Waals surface area contributed by atoms with E-state index in [-0.39, 0.29) is 29.9 Å². The first-order valence-electron chi connectivity index (χ1n) is 8.45. The van der Waals surface area contributed by atoms with Gasteiger partial charge in [-0.15, -0.1) is 0 Å². The highest BCUT2D eigenvalue weighted by Crippen LogP contribution is 2.41. The average Bonchev–Trinajstić information content (AvgIpc) is 3.40. The van der Waals surface area contributed by atoms with E-state index in [0.29, 0.717) is 17.7 Å². The molecule has 0 spiro atoms. The van der Waals surface area contributed by atoms with Crippen LogP contribution >= 0.6 is 0 Å². The van der Waals surface area contributed by atoms with Crippen LogP contribution in [0.2, 0.25) is 0 Å². The largest absolute Gasteiger partial charge is 0.346 e. The number of amides is 2. The van der Waals surface area contributed by atoms with E-state index in [1.165, 1.54) is 6.20 Å². The lowest BCUT2D eigenvalue weighted by atomic mass is 10.0. The molecule has 1 aliphatic carbocycles. The van der Waals surface area contributed by atoms with Crippen molar-refractivity contribution in [2.24, 2.45) is 0 Å². The van der Waals surface area contributed by atoms with Crippen LogP contribution in [-0.4, -0.2) is 44.0 Å². The molecule has 2 amide bonds. The summed E-state index contributed by atoms with van der Waals surface area (Å²) in [5.74, 6) is -0.136. The fourth-order valence-corrected chi connectivity index (χ4v) is 3.50. The van der Waals surface area contributed by atoms with Crippen LogP contribution in [0.4, 0.5) is 0 Å². The molecule has 1 saturated carbocycles. The third-order valence-corrected chi connectivity index (χ3v) is 4.80. The van der Waals surface area contributed by atoms with Crippen molar-refractivity contribution in [2.45, 2.75) is 44.3 Å². The first kappa shape index (κ1) is 15.7. The summed E-state index contributed by atoms with van der Waals surface area (Å²) in [6.45, 7) is 1.75. The van der Waals surface area contributed by atoms with E-state index >= 15 is 0 Å². The van der Waals surface area contributed by atoms with Gasteiger partial charge in [-0.2, -0.15) is 10.2 Å². The van der Waals surface area contributed by atoms with Gasteiger partial charge < -0.3 is 10.2 Å². The van der Waals surface area contributed by atoms with E-state index in [2.05, 4.69) is 20.5 Å². The summed E-state index contributed by atoms with van der Waals surface area (Å²) in [4.78, 5) is 31.4. The van der Waals surface area contributed by atoms with Gasteiger partial charge in [0.15, 0.2) is 0 Å². The molecule has 1 aliphatic heterocycles. The summed E-state index contributed by atoms with van der Waals surface area (Å²) in [5.41, 5.74) is 2.01. The van der Waals surface area contributed by atoms with E-state index in [4.69, 9.17) is 0 Å². The predicted molar refractivity (Wildman–Crippen MR) is 89.5 cm³/mol. The number of hydrogen-bond acceptors (Lipinski definition) is 5. The normalized spacial score (nSPS) is 22.9. The Labute approximate surface area is 145 Å². The van der Waals surface area contributed by atoms with Crippen LogP contribution in [-0.2, 0) is 4.79 Å². The Morgan fingerprint density at radius 2 is 2.12 bits per heavy atom. The number of aromatic nitrogens is 3. The van der Waals surface area contributed by atoms with E-state index in [9.17, 15) is 9.59 Å². The molecule has 2 fully saturated rings. The lowest BCUT2D eigenvalue weighted by Crippen LogP contribution is -2.40. The second-order valence-electron chi connectivity index (χ2n) is 6.58. The third-order valence-electron chi connectivity index (χ3n) is 4.80. The second kappa shape index (κ2) is 6.23. The number of pyridine rings is 1. The lowest BCUT2D eigenvalue weighted by molar-refractivity contribution is -0.129. The topological polar surface area (TPSA) is 88.1 Å². The summed E-state index contributed by atoms with van der Waals surface area (Å²) in [7, 11) is 0. The molecular formula is C18H19N5O2. The Morgan fingerprint density at radius 3 is 2.80 bits per heavy atom. The number of likely N-dealkylation sites (tertiary alicyclic amines) is 1. The molecule has 2 aromatic heterocycles. The quantitative estimate of drug-likeness (QED) is 0.911. The Balaban J connectivity index is 1.62. The highest BCUT2D eigenvalue weighted by atomic mass is 16.2. The van der Waals surface area contributed by atoms with Crippen molar-refractivity contribution >= 4 is 11.8 Å². The molecule has 1 N–H and O–H groups in total. The van der Waals surface area contributed by atoms with Crippen LogP contribution < -0.4 is 5.32 Å². The molecule has 2 aromatic rings. The number of carbonyl (C=O) groups is 2. The first-order chi connectivity index (χ1) is 12.1. The highest BCUT2D eigenvalue weighted by molar-refractivity contribution is 5.96. The zero-order valence-corrected chi connectivity index (χ0v) is 13.9. The molecule has 3 heterocycles. The maximum atomic E-state index is 12.7. The van der Waals surface area contributed by atoms with Crippen molar-refractivity contribution in [3.8, 4) is 0 Å². The summed E-state index contributed by atoms with van der Waals surface area (Å²) in [6, 6.07) is 5.30. The predicted octanol–water partition coefficient (Wildman–Crippen LogP) is 1.41. The van der Waals surface area contributed by atoms with Crippen molar-refractivity contribution in [3.05, 3.63) is 53.6 Å². The third kappa shape index (κ3) is 2.97.